The number of anilines is 4. The van der Waals surface area contributed by atoms with Crippen LogP contribution in [-0.4, -0.2) is 20.2 Å². The van der Waals surface area contributed by atoms with Crippen LogP contribution in [0.1, 0.15) is 17.0 Å². The molecule has 6 nitrogen and oxygen atoms in total. The number of aryl methyl sites for hydroxylation is 3. The minimum Gasteiger partial charge on any atom is -0.339 e. The molecule has 0 spiro atoms. The molecule has 144 valence electrons. The zero-order valence-electron chi connectivity index (χ0n) is 16.6. The van der Waals surface area contributed by atoms with Crippen molar-refractivity contribution in [3.8, 4) is 11.3 Å². The van der Waals surface area contributed by atoms with Crippen molar-refractivity contribution in [3.05, 3.63) is 83.7 Å². The lowest BCUT2D eigenvalue weighted by Gasteiger charge is -2.09. The first-order valence-electron chi connectivity index (χ1n) is 9.42. The SMILES string of the molecule is Cc1ccc(-c2ccc(Nc3ccc(Nc4nc(C)cc(C)n4)cc3)nn2)cc1. The lowest BCUT2D eigenvalue weighted by atomic mass is 10.1. The van der Waals surface area contributed by atoms with Crippen molar-refractivity contribution in [1.29, 1.82) is 0 Å². The van der Waals surface area contributed by atoms with E-state index in [0.29, 0.717) is 11.8 Å². The Morgan fingerprint density at radius 2 is 1.24 bits per heavy atom. The highest BCUT2D eigenvalue weighted by molar-refractivity contribution is 5.64. The molecule has 0 saturated heterocycles. The topological polar surface area (TPSA) is 75.6 Å². The summed E-state index contributed by atoms with van der Waals surface area (Å²) < 4.78 is 0. The number of rotatable bonds is 5. The maximum Gasteiger partial charge on any atom is 0.227 e. The predicted octanol–water partition coefficient (Wildman–Crippen LogP) is 5.35. The van der Waals surface area contributed by atoms with E-state index in [1.54, 1.807) is 0 Å². The molecule has 2 N–H and O–H groups in total. The number of nitrogens with one attached hydrogen (secondary N) is 2. The molecule has 0 unspecified atom stereocenters. The first-order chi connectivity index (χ1) is 14.0. The molecular formula is C23H22N6. The van der Waals surface area contributed by atoms with Gasteiger partial charge in [0.25, 0.3) is 0 Å². The van der Waals surface area contributed by atoms with E-state index in [-0.39, 0.29) is 0 Å². The number of nitrogens with zero attached hydrogens (tertiary/aromatic N) is 4. The largest absolute Gasteiger partial charge is 0.339 e. The molecule has 0 bridgehead atoms. The number of aromatic nitrogens is 4. The van der Waals surface area contributed by atoms with Crippen LogP contribution in [0, 0.1) is 20.8 Å². The van der Waals surface area contributed by atoms with Crippen molar-refractivity contribution >= 4 is 23.1 Å². The van der Waals surface area contributed by atoms with E-state index < -0.39 is 0 Å². The minimum absolute atomic E-state index is 0.598. The summed E-state index contributed by atoms with van der Waals surface area (Å²) in [6.07, 6.45) is 0. The quantitative estimate of drug-likeness (QED) is 0.485. The van der Waals surface area contributed by atoms with Gasteiger partial charge in [0.1, 0.15) is 0 Å². The van der Waals surface area contributed by atoms with Gasteiger partial charge in [0.2, 0.25) is 5.95 Å². The third kappa shape index (κ3) is 4.73. The summed E-state index contributed by atoms with van der Waals surface area (Å²) in [5.74, 6) is 1.29. The second kappa shape index (κ2) is 8.06. The van der Waals surface area contributed by atoms with Crippen LogP contribution in [0.3, 0.4) is 0 Å². The van der Waals surface area contributed by atoms with E-state index in [9.17, 15) is 0 Å². The number of hydrogen-bond donors (Lipinski definition) is 2. The van der Waals surface area contributed by atoms with Gasteiger partial charge in [0, 0.05) is 28.3 Å². The Morgan fingerprint density at radius 1 is 0.621 bits per heavy atom. The highest BCUT2D eigenvalue weighted by Gasteiger charge is 2.03. The molecule has 0 radical (unpaired) electrons. The van der Waals surface area contributed by atoms with Gasteiger partial charge in [0.05, 0.1) is 5.69 Å². The number of benzene rings is 2. The fourth-order valence-corrected chi connectivity index (χ4v) is 2.97. The third-order valence-electron chi connectivity index (χ3n) is 4.41. The van der Waals surface area contributed by atoms with Gasteiger partial charge < -0.3 is 10.6 Å². The average Bonchev–Trinajstić information content (AvgIpc) is 2.70. The van der Waals surface area contributed by atoms with Gasteiger partial charge in [-0.3, -0.25) is 0 Å². The molecule has 2 heterocycles. The lowest BCUT2D eigenvalue weighted by Crippen LogP contribution is -2.00. The Bertz CT molecular complexity index is 1080. The average molecular weight is 382 g/mol. The molecule has 4 rings (SSSR count). The molecular weight excluding hydrogens is 360 g/mol. The molecule has 0 atom stereocenters. The van der Waals surface area contributed by atoms with E-state index in [1.165, 1.54) is 5.56 Å². The summed E-state index contributed by atoms with van der Waals surface area (Å²) in [5.41, 5.74) is 6.84. The van der Waals surface area contributed by atoms with Crippen molar-refractivity contribution in [2.24, 2.45) is 0 Å². The van der Waals surface area contributed by atoms with Gasteiger partial charge in [-0.1, -0.05) is 29.8 Å². The second-order valence-corrected chi connectivity index (χ2v) is 6.97. The van der Waals surface area contributed by atoms with Crippen LogP contribution in [0.4, 0.5) is 23.1 Å². The van der Waals surface area contributed by atoms with Gasteiger partial charge in [-0.15, -0.1) is 10.2 Å². The molecule has 4 aromatic rings. The van der Waals surface area contributed by atoms with Crippen LogP contribution in [0.2, 0.25) is 0 Å². The molecule has 2 aromatic carbocycles. The Balaban J connectivity index is 1.42. The third-order valence-corrected chi connectivity index (χ3v) is 4.41. The summed E-state index contributed by atoms with van der Waals surface area (Å²) in [7, 11) is 0. The van der Waals surface area contributed by atoms with Crippen LogP contribution < -0.4 is 10.6 Å². The zero-order chi connectivity index (χ0) is 20.2. The van der Waals surface area contributed by atoms with E-state index in [0.717, 1.165) is 34.0 Å². The van der Waals surface area contributed by atoms with Crippen molar-refractivity contribution < 1.29 is 0 Å². The number of hydrogen-bond acceptors (Lipinski definition) is 6. The van der Waals surface area contributed by atoms with Gasteiger partial charge in [-0.05, 0) is 63.2 Å². The molecule has 6 heteroatoms. The monoisotopic (exact) mass is 382 g/mol. The fraction of sp³-hybridized carbons (Fsp3) is 0.130. The highest BCUT2D eigenvalue weighted by Crippen LogP contribution is 2.21. The Labute approximate surface area is 170 Å². The van der Waals surface area contributed by atoms with E-state index in [4.69, 9.17) is 0 Å². The van der Waals surface area contributed by atoms with Gasteiger partial charge in [-0.2, -0.15) is 0 Å². The van der Waals surface area contributed by atoms with Crippen molar-refractivity contribution in [2.75, 3.05) is 10.6 Å². The molecule has 0 aliphatic heterocycles. The fourth-order valence-electron chi connectivity index (χ4n) is 2.97. The molecule has 29 heavy (non-hydrogen) atoms. The molecule has 0 aliphatic rings. The smallest absolute Gasteiger partial charge is 0.227 e. The zero-order valence-corrected chi connectivity index (χ0v) is 16.6. The van der Waals surface area contributed by atoms with Crippen LogP contribution in [0.5, 0.6) is 0 Å². The summed E-state index contributed by atoms with van der Waals surface area (Å²) in [4.78, 5) is 8.80. The molecule has 0 saturated carbocycles. The van der Waals surface area contributed by atoms with Crippen LogP contribution in [0.25, 0.3) is 11.3 Å². The van der Waals surface area contributed by atoms with Gasteiger partial charge >= 0.3 is 0 Å². The second-order valence-electron chi connectivity index (χ2n) is 6.97. The first kappa shape index (κ1) is 18.6. The van der Waals surface area contributed by atoms with Crippen molar-refractivity contribution in [1.82, 2.24) is 20.2 Å². The molecule has 0 aliphatic carbocycles. The van der Waals surface area contributed by atoms with Crippen LogP contribution in [0.15, 0.2) is 66.7 Å². The first-order valence-corrected chi connectivity index (χ1v) is 9.42. The maximum absolute atomic E-state index is 4.40. The Morgan fingerprint density at radius 3 is 1.83 bits per heavy atom. The molecule has 0 fully saturated rings. The lowest BCUT2D eigenvalue weighted by molar-refractivity contribution is 1.04. The standard InChI is InChI=1S/C23H22N6/c1-15-4-6-18(7-5-15)21-12-13-22(29-28-21)26-19-8-10-20(11-9-19)27-23-24-16(2)14-17(3)25-23/h4-14H,1-3H3,(H,26,29)(H,24,25,27). The van der Waals surface area contributed by atoms with E-state index in [1.807, 2.05) is 56.3 Å². The molecule has 2 aromatic heterocycles. The maximum atomic E-state index is 4.40. The van der Waals surface area contributed by atoms with Crippen LogP contribution >= 0.6 is 0 Å². The molecule has 0 amide bonds. The summed E-state index contributed by atoms with van der Waals surface area (Å²) in [6.45, 7) is 5.98. The minimum atomic E-state index is 0.598. The highest BCUT2D eigenvalue weighted by atomic mass is 15.2. The van der Waals surface area contributed by atoms with E-state index >= 15 is 0 Å². The van der Waals surface area contributed by atoms with Gasteiger partial charge in [0.15, 0.2) is 5.82 Å². The summed E-state index contributed by atoms with van der Waals surface area (Å²) in [6, 6.07) is 22.0. The Kier molecular flexibility index (Phi) is 5.16. The van der Waals surface area contributed by atoms with Crippen molar-refractivity contribution in [2.45, 2.75) is 20.8 Å². The normalized spacial score (nSPS) is 10.6. The van der Waals surface area contributed by atoms with Crippen LogP contribution in [-0.2, 0) is 0 Å². The van der Waals surface area contributed by atoms with E-state index in [2.05, 4.69) is 62.0 Å². The van der Waals surface area contributed by atoms with Crippen molar-refractivity contribution in [3.63, 3.8) is 0 Å². The summed E-state index contributed by atoms with van der Waals surface area (Å²) in [5, 5.41) is 15.1. The van der Waals surface area contributed by atoms with Gasteiger partial charge in [-0.25, -0.2) is 9.97 Å². The predicted molar refractivity (Wildman–Crippen MR) is 117 cm³/mol. The Hall–Kier alpha value is -3.80. The summed E-state index contributed by atoms with van der Waals surface area (Å²) >= 11 is 0.